The number of furan rings is 1. The molecule has 9 nitrogen and oxygen atoms in total. The maximum absolute atomic E-state index is 10.6. The van der Waals surface area contributed by atoms with E-state index >= 15 is 0 Å². The lowest BCUT2D eigenvalue weighted by Crippen LogP contribution is -2.35. The Bertz CT molecular complexity index is 1390. The summed E-state index contributed by atoms with van der Waals surface area (Å²) in [6.45, 7) is 3.54. The maximum Gasteiger partial charge on any atom is 0.231 e. The third kappa shape index (κ3) is 4.43. The first-order valence-corrected chi connectivity index (χ1v) is 11.0. The van der Waals surface area contributed by atoms with E-state index in [1.54, 1.807) is 18.3 Å². The molecular weight excluding hydrogens is 434 g/mol. The van der Waals surface area contributed by atoms with Crippen LogP contribution in [0.5, 0.6) is 11.5 Å². The minimum Gasteiger partial charge on any atom is -0.504 e. The Morgan fingerprint density at radius 1 is 1.18 bits per heavy atom. The largest absolute Gasteiger partial charge is 0.504 e. The molecule has 0 amide bonds. The monoisotopic (exact) mass is 459 g/mol. The van der Waals surface area contributed by atoms with Crippen LogP contribution in [0.4, 0.5) is 0 Å². The van der Waals surface area contributed by atoms with Gasteiger partial charge in [-0.25, -0.2) is 9.66 Å². The fourth-order valence-electron chi connectivity index (χ4n) is 3.94. The molecule has 0 radical (unpaired) electrons. The van der Waals surface area contributed by atoms with Gasteiger partial charge in [0.05, 0.1) is 31.9 Å². The van der Waals surface area contributed by atoms with Gasteiger partial charge in [-0.1, -0.05) is 30.3 Å². The van der Waals surface area contributed by atoms with Crippen LogP contribution in [0.1, 0.15) is 11.1 Å². The summed E-state index contributed by atoms with van der Waals surface area (Å²) < 4.78 is 18.0. The molecule has 174 valence electrons. The number of fused-ring (bicyclic) bond motifs is 1. The number of hydrogen-bond donors (Lipinski definition) is 2. The molecule has 0 atom stereocenters. The highest BCUT2D eigenvalue weighted by Gasteiger charge is 2.16. The number of phenolic OH excluding ortho intramolecular Hbond substituents is 1. The molecule has 0 aliphatic carbocycles. The van der Waals surface area contributed by atoms with Gasteiger partial charge in [0.25, 0.3) is 0 Å². The molecule has 1 aliphatic rings. The Kier molecular flexibility index (Phi) is 6.11. The molecule has 34 heavy (non-hydrogen) atoms. The molecule has 3 heterocycles. The third-order valence-corrected chi connectivity index (χ3v) is 5.76. The number of benzene rings is 2. The number of nitrogens with zero attached hydrogens (tertiary/aromatic N) is 4. The summed E-state index contributed by atoms with van der Waals surface area (Å²) in [6, 6.07) is 15.1. The minimum atomic E-state index is 0.120. The van der Waals surface area contributed by atoms with Gasteiger partial charge in [-0.05, 0) is 23.8 Å². The van der Waals surface area contributed by atoms with Crippen LogP contribution in [0.2, 0.25) is 0 Å². The molecule has 0 saturated carbocycles. The first-order valence-electron chi connectivity index (χ1n) is 11.0. The van der Waals surface area contributed by atoms with E-state index in [0.717, 1.165) is 29.8 Å². The lowest BCUT2D eigenvalue weighted by Gasteiger charge is -2.27. The topological polar surface area (TPSA) is 109 Å². The van der Waals surface area contributed by atoms with Gasteiger partial charge >= 0.3 is 0 Å². The average molecular weight is 460 g/mol. The zero-order chi connectivity index (χ0) is 23.5. The van der Waals surface area contributed by atoms with Crippen LogP contribution in [0, 0.1) is 5.41 Å². The van der Waals surface area contributed by atoms with Gasteiger partial charge < -0.3 is 19.0 Å². The van der Waals surface area contributed by atoms with E-state index in [4.69, 9.17) is 19.3 Å². The minimum absolute atomic E-state index is 0.120. The van der Waals surface area contributed by atoms with Crippen LogP contribution in [0.25, 0.3) is 22.4 Å². The van der Waals surface area contributed by atoms with Crippen molar-refractivity contribution < 1.29 is 19.0 Å². The van der Waals surface area contributed by atoms with Crippen LogP contribution in [-0.2, 0) is 11.3 Å². The fraction of sp³-hybridized carbons (Fsp3) is 0.240. The highest BCUT2D eigenvalue weighted by atomic mass is 16.5. The second-order valence-corrected chi connectivity index (χ2v) is 8.00. The van der Waals surface area contributed by atoms with E-state index in [0.29, 0.717) is 42.4 Å². The van der Waals surface area contributed by atoms with Gasteiger partial charge in [-0.3, -0.25) is 10.3 Å². The highest BCUT2D eigenvalue weighted by Crippen LogP contribution is 2.32. The van der Waals surface area contributed by atoms with Crippen molar-refractivity contribution in [1.82, 2.24) is 14.6 Å². The van der Waals surface area contributed by atoms with Gasteiger partial charge in [0.15, 0.2) is 17.0 Å². The molecule has 1 saturated heterocycles. The van der Waals surface area contributed by atoms with Crippen molar-refractivity contribution in [3.63, 3.8) is 0 Å². The Labute approximate surface area is 196 Å². The van der Waals surface area contributed by atoms with Crippen molar-refractivity contribution in [3.8, 4) is 22.8 Å². The van der Waals surface area contributed by atoms with Crippen molar-refractivity contribution in [1.29, 1.82) is 5.41 Å². The first kappa shape index (κ1) is 21.9. The number of rotatable bonds is 6. The van der Waals surface area contributed by atoms with Gasteiger partial charge in [0.2, 0.25) is 5.71 Å². The Morgan fingerprint density at radius 3 is 2.74 bits per heavy atom. The number of methoxy groups -OCH3 is 1. The SMILES string of the molecule is COc1cc(/C=N/n2cnc3oc(-c4ccccc4)cc3c2=N)cc(CN2CCOCC2)c1O. The average Bonchev–Trinajstić information content (AvgIpc) is 3.32. The molecule has 1 aliphatic heterocycles. The Morgan fingerprint density at radius 2 is 1.97 bits per heavy atom. The number of aromatic nitrogens is 2. The van der Waals surface area contributed by atoms with Gasteiger partial charge in [0, 0.05) is 30.8 Å². The molecule has 2 aromatic carbocycles. The molecule has 4 aromatic rings. The second-order valence-electron chi connectivity index (χ2n) is 8.00. The van der Waals surface area contributed by atoms with Gasteiger partial charge in [0.1, 0.15) is 12.1 Å². The van der Waals surface area contributed by atoms with E-state index in [-0.39, 0.29) is 11.2 Å². The lowest BCUT2D eigenvalue weighted by atomic mass is 10.1. The zero-order valence-electron chi connectivity index (χ0n) is 18.8. The van der Waals surface area contributed by atoms with E-state index in [1.807, 2.05) is 36.4 Å². The standard InChI is InChI=1S/C25H25N5O4/c1-32-22-12-17(11-19(23(22)31)15-29-7-9-33-10-8-29)14-28-30-16-27-25-20(24(30)26)13-21(34-25)18-5-3-2-4-6-18/h2-6,11-14,16,26,31H,7-10,15H2,1H3/b26-24?,28-14+. The summed E-state index contributed by atoms with van der Waals surface area (Å²) in [4.78, 5) is 6.54. The van der Waals surface area contributed by atoms with Crippen LogP contribution in [0.15, 0.2) is 64.4 Å². The number of nitrogens with one attached hydrogen (secondary N) is 1. The van der Waals surface area contributed by atoms with Crippen LogP contribution in [0.3, 0.4) is 0 Å². The number of ether oxygens (including phenoxy) is 2. The Hall–Kier alpha value is -3.95. The quantitative estimate of drug-likeness (QED) is 0.429. The maximum atomic E-state index is 10.6. The molecule has 9 heteroatoms. The molecule has 5 rings (SSSR count). The molecular formula is C25H25N5O4. The van der Waals surface area contributed by atoms with E-state index < -0.39 is 0 Å². The number of aromatic hydroxyl groups is 1. The molecule has 2 N–H and O–H groups in total. The molecule has 0 unspecified atom stereocenters. The summed E-state index contributed by atoms with van der Waals surface area (Å²) in [7, 11) is 1.52. The predicted molar refractivity (Wildman–Crippen MR) is 127 cm³/mol. The molecule has 0 spiro atoms. The van der Waals surface area contributed by atoms with Crippen molar-refractivity contribution in [2.45, 2.75) is 6.54 Å². The van der Waals surface area contributed by atoms with Gasteiger partial charge in [-0.2, -0.15) is 5.10 Å². The smallest absolute Gasteiger partial charge is 0.231 e. The Balaban J connectivity index is 1.45. The van der Waals surface area contributed by atoms with Crippen molar-refractivity contribution >= 4 is 17.3 Å². The van der Waals surface area contributed by atoms with Gasteiger partial charge in [-0.15, -0.1) is 0 Å². The third-order valence-electron chi connectivity index (χ3n) is 5.76. The number of phenols is 1. The highest BCUT2D eigenvalue weighted by molar-refractivity contribution is 5.82. The van der Waals surface area contributed by atoms with Crippen molar-refractivity contribution in [2.24, 2.45) is 5.10 Å². The first-order chi connectivity index (χ1) is 16.6. The molecule has 0 bridgehead atoms. The van der Waals surface area contributed by atoms with Crippen LogP contribution in [-0.4, -0.2) is 59.3 Å². The summed E-state index contributed by atoms with van der Waals surface area (Å²) >= 11 is 0. The number of hydrogen-bond acceptors (Lipinski definition) is 8. The zero-order valence-corrected chi connectivity index (χ0v) is 18.8. The molecule has 1 fully saturated rings. The normalized spacial score (nSPS) is 14.7. The summed E-state index contributed by atoms with van der Waals surface area (Å²) in [5.41, 5.74) is 2.94. The van der Waals surface area contributed by atoms with Crippen LogP contribution < -0.4 is 10.2 Å². The number of morpholine rings is 1. The summed E-state index contributed by atoms with van der Waals surface area (Å²) in [6.07, 6.45) is 3.07. The molecule has 2 aromatic heterocycles. The predicted octanol–water partition coefficient (Wildman–Crippen LogP) is 3.20. The van der Waals surface area contributed by atoms with Crippen molar-refractivity contribution in [2.75, 3.05) is 33.4 Å². The van der Waals surface area contributed by atoms with E-state index in [9.17, 15) is 5.11 Å². The fourth-order valence-corrected chi connectivity index (χ4v) is 3.94. The summed E-state index contributed by atoms with van der Waals surface area (Å²) in [5, 5.41) is 24.2. The lowest BCUT2D eigenvalue weighted by molar-refractivity contribution is 0.0338. The van der Waals surface area contributed by atoms with Crippen molar-refractivity contribution in [3.05, 3.63) is 71.5 Å². The summed E-state index contributed by atoms with van der Waals surface area (Å²) in [5.74, 6) is 1.14. The van der Waals surface area contributed by atoms with E-state index in [1.165, 1.54) is 18.1 Å². The van der Waals surface area contributed by atoms with Crippen LogP contribution >= 0.6 is 0 Å². The second kappa shape index (κ2) is 9.50. The van der Waals surface area contributed by atoms with E-state index in [2.05, 4.69) is 15.0 Å².